The number of nitrogens with zero attached hydrogens (tertiary/aromatic N) is 2. The predicted octanol–water partition coefficient (Wildman–Crippen LogP) is 1.85. The van der Waals surface area contributed by atoms with Crippen molar-refractivity contribution >= 4 is 17.6 Å². The third-order valence-electron chi connectivity index (χ3n) is 2.42. The average molecular weight is 247 g/mol. The first-order chi connectivity index (χ1) is 8.69. The van der Waals surface area contributed by atoms with Crippen molar-refractivity contribution in [1.29, 1.82) is 0 Å². The van der Waals surface area contributed by atoms with E-state index in [1.165, 1.54) is 6.07 Å². The molecule has 0 aliphatic carbocycles. The number of aromatic nitrogens is 2. The lowest BCUT2D eigenvalue weighted by atomic mass is 10.2. The Bertz CT molecular complexity index is 544. The quantitative estimate of drug-likeness (QED) is 0.768. The monoisotopic (exact) mass is 247 g/mol. The van der Waals surface area contributed by atoms with E-state index in [0.29, 0.717) is 23.7 Å². The Morgan fingerprint density at radius 2 is 1.94 bits per heavy atom. The highest BCUT2D eigenvalue weighted by Gasteiger charge is 2.03. The smallest absolute Gasteiger partial charge is 0.223 e. The van der Waals surface area contributed by atoms with E-state index >= 15 is 0 Å². The molecule has 0 spiro atoms. The molecule has 1 heterocycles. The van der Waals surface area contributed by atoms with Gasteiger partial charge in [-0.25, -0.2) is 4.39 Å². The summed E-state index contributed by atoms with van der Waals surface area (Å²) in [7, 11) is 1.74. The van der Waals surface area contributed by atoms with Crippen molar-refractivity contribution in [2.45, 2.75) is 6.54 Å². The van der Waals surface area contributed by atoms with Crippen molar-refractivity contribution in [2.75, 3.05) is 23.4 Å². The SMILES string of the molecule is CNc1cc(NCc2ccccc2F)nc(N)n1. The number of rotatable bonds is 4. The third-order valence-corrected chi connectivity index (χ3v) is 2.42. The molecule has 5 nitrogen and oxygen atoms in total. The van der Waals surface area contributed by atoms with E-state index in [1.54, 1.807) is 31.3 Å². The number of hydrogen-bond acceptors (Lipinski definition) is 5. The van der Waals surface area contributed by atoms with Gasteiger partial charge in [-0.1, -0.05) is 18.2 Å². The predicted molar refractivity (Wildman–Crippen MR) is 69.7 cm³/mol. The molecule has 0 saturated heterocycles. The maximum Gasteiger partial charge on any atom is 0.223 e. The van der Waals surface area contributed by atoms with Crippen LogP contribution in [0.15, 0.2) is 30.3 Å². The van der Waals surface area contributed by atoms with Crippen molar-refractivity contribution in [3.63, 3.8) is 0 Å². The Hall–Kier alpha value is -2.37. The average Bonchev–Trinajstić information content (AvgIpc) is 2.37. The van der Waals surface area contributed by atoms with E-state index < -0.39 is 0 Å². The zero-order valence-corrected chi connectivity index (χ0v) is 9.94. The maximum absolute atomic E-state index is 13.4. The van der Waals surface area contributed by atoms with Gasteiger partial charge in [-0.15, -0.1) is 0 Å². The zero-order valence-electron chi connectivity index (χ0n) is 9.94. The second-order valence-electron chi connectivity index (χ2n) is 3.69. The Morgan fingerprint density at radius 3 is 2.67 bits per heavy atom. The molecule has 0 unspecified atom stereocenters. The Labute approximate surface area is 104 Å². The largest absolute Gasteiger partial charge is 0.373 e. The van der Waals surface area contributed by atoms with Gasteiger partial charge >= 0.3 is 0 Å². The van der Waals surface area contributed by atoms with Crippen LogP contribution in [0.1, 0.15) is 5.56 Å². The van der Waals surface area contributed by atoms with Gasteiger partial charge in [0.05, 0.1) is 0 Å². The van der Waals surface area contributed by atoms with E-state index in [4.69, 9.17) is 5.73 Å². The highest BCUT2D eigenvalue weighted by atomic mass is 19.1. The van der Waals surface area contributed by atoms with Crippen LogP contribution >= 0.6 is 0 Å². The number of benzene rings is 1. The van der Waals surface area contributed by atoms with Crippen LogP contribution in [0.2, 0.25) is 0 Å². The number of nitrogens with one attached hydrogen (secondary N) is 2. The summed E-state index contributed by atoms with van der Waals surface area (Å²) in [4.78, 5) is 7.99. The molecule has 94 valence electrons. The lowest BCUT2D eigenvalue weighted by Gasteiger charge is -2.08. The summed E-state index contributed by atoms with van der Waals surface area (Å²) in [5, 5.41) is 5.88. The summed E-state index contributed by atoms with van der Waals surface area (Å²) in [6.07, 6.45) is 0. The minimum absolute atomic E-state index is 0.165. The molecule has 1 aromatic carbocycles. The van der Waals surface area contributed by atoms with Gasteiger partial charge in [0.15, 0.2) is 0 Å². The van der Waals surface area contributed by atoms with Crippen LogP contribution in [0, 0.1) is 5.82 Å². The van der Waals surface area contributed by atoms with E-state index in [-0.39, 0.29) is 11.8 Å². The highest BCUT2D eigenvalue weighted by Crippen LogP contribution is 2.14. The molecule has 18 heavy (non-hydrogen) atoms. The molecular formula is C12H14FN5. The molecule has 0 radical (unpaired) electrons. The van der Waals surface area contributed by atoms with Crippen LogP contribution in [0.25, 0.3) is 0 Å². The molecule has 0 amide bonds. The first-order valence-electron chi connectivity index (χ1n) is 5.48. The summed E-state index contributed by atoms with van der Waals surface area (Å²) >= 11 is 0. The number of nitrogens with two attached hydrogens (primary N) is 1. The van der Waals surface area contributed by atoms with Gasteiger partial charge in [-0.05, 0) is 6.07 Å². The minimum atomic E-state index is -0.249. The summed E-state index contributed by atoms with van der Waals surface area (Å²) in [6.45, 7) is 0.340. The van der Waals surface area contributed by atoms with Crippen LogP contribution in [-0.4, -0.2) is 17.0 Å². The molecule has 2 rings (SSSR count). The van der Waals surface area contributed by atoms with Gasteiger partial charge < -0.3 is 16.4 Å². The summed E-state index contributed by atoms with van der Waals surface area (Å²) in [5.41, 5.74) is 6.13. The van der Waals surface area contributed by atoms with Gasteiger partial charge in [0, 0.05) is 25.2 Å². The number of hydrogen-bond donors (Lipinski definition) is 3. The standard InChI is InChI=1S/C12H14FN5/c1-15-10-6-11(18-12(14)17-10)16-7-8-4-2-3-5-9(8)13/h2-6H,7H2,1H3,(H4,14,15,16,17,18). The minimum Gasteiger partial charge on any atom is -0.373 e. The van der Waals surface area contributed by atoms with E-state index in [2.05, 4.69) is 20.6 Å². The fourth-order valence-corrected chi connectivity index (χ4v) is 1.51. The van der Waals surface area contributed by atoms with Crippen molar-refractivity contribution in [3.05, 3.63) is 41.7 Å². The van der Waals surface area contributed by atoms with Crippen LogP contribution in [0.4, 0.5) is 22.0 Å². The molecule has 0 aliphatic rings. The molecular weight excluding hydrogens is 233 g/mol. The third kappa shape index (κ3) is 2.85. The number of nitrogen functional groups attached to an aromatic ring is 1. The number of anilines is 3. The zero-order chi connectivity index (χ0) is 13.0. The molecule has 2 aromatic rings. The van der Waals surface area contributed by atoms with E-state index in [9.17, 15) is 4.39 Å². The molecule has 6 heteroatoms. The molecule has 0 aliphatic heterocycles. The second kappa shape index (κ2) is 5.31. The maximum atomic E-state index is 13.4. The van der Waals surface area contributed by atoms with Crippen molar-refractivity contribution < 1.29 is 4.39 Å². The second-order valence-corrected chi connectivity index (χ2v) is 3.69. The summed E-state index contributed by atoms with van der Waals surface area (Å²) in [6, 6.07) is 8.28. The molecule has 0 fully saturated rings. The lowest BCUT2D eigenvalue weighted by Crippen LogP contribution is -2.07. The van der Waals surface area contributed by atoms with Crippen LogP contribution in [0.5, 0.6) is 0 Å². The first kappa shape index (κ1) is 12.1. The van der Waals surface area contributed by atoms with Crippen LogP contribution < -0.4 is 16.4 Å². The Kier molecular flexibility index (Phi) is 3.57. The van der Waals surface area contributed by atoms with Gasteiger partial charge in [-0.2, -0.15) is 9.97 Å². The normalized spacial score (nSPS) is 10.1. The van der Waals surface area contributed by atoms with E-state index in [0.717, 1.165) is 0 Å². The molecule has 4 N–H and O–H groups in total. The van der Waals surface area contributed by atoms with Crippen LogP contribution in [-0.2, 0) is 6.54 Å². The molecule has 0 saturated carbocycles. The fourth-order valence-electron chi connectivity index (χ4n) is 1.51. The van der Waals surface area contributed by atoms with Crippen molar-refractivity contribution in [2.24, 2.45) is 0 Å². The van der Waals surface area contributed by atoms with E-state index in [1.807, 2.05) is 0 Å². The van der Waals surface area contributed by atoms with Crippen LogP contribution in [0.3, 0.4) is 0 Å². The number of halogens is 1. The molecule has 0 atom stereocenters. The first-order valence-corrected chi connectivity index (χ1v) is 5.48. The fraction of sp³-hybridized carbons (Fsp3) is 0.167. The summed E-state index contributed by atoms with van der Waals surface area (Å²) < 4.78 is 13.4. The lowest BCUT2D eigenvalue weighted by molar-refractivity contribution is 0.613. The van der Waals surface area contributed by atoms with Crippen molar-refractivity contribution in [1.82, 2.24) is 9.97 Å². The molecule has 1 aromatic heterocycles. The van der Waals surface area contributed by atoms with Gasteiger partial charge in [0.25, 0.3) is 0 Å². The topological polar surface area (TPSA) is 75.9 Å². The Balaban J connectivity index is 2.11. The summed E-state index contributed by atoms with van der Waals surface area (Å²) in [5.74, 6) is 1.08. The van der Waals surface area contributed by atoms with Crippen molar-refractivity contribution in [3.8, 4) is 0 Å². The van der Waals surface area contributed by atoms with Gasteiger partial charge in [-0.3, -0.25) is 0 Å². The Morgan fingerprint density at radius 1 is 1.22 bits per heavy atom. The highest BCUT2D eigenvalue weighted by molar-refractivity contribution is 5.50. The van der Waals surface area contributed by atoms with Gasteiger partial charge in [0.1, 0.15) is 17.5 Å². The van der Waals surface area contributed by atoms with Gasteiger partial charge in [0.2, 0.25) is 5.95 Å². The molecule has 0 bridgehead atoms.